The molecule has 2 amide bonds. The molecule has 0 rings (SSSR count). The molecule has 0 aliphatic rings. The highest BCUT2D eigenvalue weighted by atomic mass is 16.5. The van der Waals surface area contributed by atoms with Gasteiger partial charge in [-0.25, -0.2) is 0 Å². The first-order chi connectivity index (χ1) is 6.70. The molecule has 3 N–H and O–H groups in total. The van der Waals surface area contributed by atoms with Crippen molar-refractivity contribution in [3.63, 3.8) is 0 Å². The maximum Gasteiger partial charge on any atom is 0.245 e. The van der Waals surface area contributed by atoms with Gasteiger partial charge in [-0.05, 0) is 6.42 Å². The van der Waals surface area contributed by atoms with Crippen LogP contribution in [0.3, 0.4) is 0 Å². The molecule has 14 heavy (non-hydrogen) atoms. The molecule has 0 saturated heterocycles. The third kappa shape index (κ3) is 7.51. The Hall–Kier alpha value is -1.14. The first kappa shape index (κ1) is 12.9. The Morgan fingerprint density at radius 2 is 1.79 bits per heavy atom. The van der Waals surface area contributed by atoms with E-state index in [9.17, 15) is 9.59 Å². The lowest BCUT2D eigenvalue weighted by molar-refractivity contribution is -0.124. The van der Waals surface area contributed by atoms with Crippen LogP contribution in [-0.4, -0.2) is 50.3 Å². The van der Waals surface area contributed by atoms with Crippen LogP contribution in [0.1, 0.15) is 6.42 Å². The summed E-state index contributed by atoms with van der Waals surface area (Å²) in [6.07, 6.45) is 0.626. The maximum atomic E-state index is 10.8. The zero-order valence-corrected chi connectivity index (χ0v) is 8.21. The van der Waals surface area contributed by atoms with Gasteiger partial charge in [-0.15, -0.1) is 0 Å². The molecule has 0 aromatic rings. The van der Waals surface area contributed by atoms with Gasteiger partial charge in [0.05, 0.1) is 0 Å². The summed E-state index contributed by atoms with van der Waals surface area (Å²) in [5.74, 6) is -0.589. The summed E-state index contributed by atoms with van der Waals surface area (Å²) in [4.78, 5) is 21.4. The second-order valence-corrected chi connectivity index (χ2v) is 2.64. The number of amides is 2. The molecule has 0 saturated carbocycles. The Balaban J connectivity index is 3.21. The minimum atomic E-state index is -0.504. The molecule has 82 valence electrons. The SMILES string of the molecule is COCC(=O)NCCCNC(=O)CO. The molecular formula is C8H16N2O4. The number of hydrogen-bond acceptors (Lipinski definition) is 4. The molecule has 6 nitrogen and oxygen atoms in total. The number of aliphatic hydroxyl groups excluding tert-OH is 1. The van der Waals surface area contributed by atoms with E-state index in [0.29, 0.717) is 19.5 Å². The summed E-state index contributed by atoms with van der Waals surface area (Å²) in [5.41, 5.74) is 0. The summed E-state index contributed by atoms with van der Waals surface area (Å²) < 4.78 is 4.60. The van der Waals surface area contributed by atoms with Gasteiger partial charge >= 0.3 is 0 Å². The summed E-state index contributed by atoms with van der Waals surface area (Å²) in [6.45, 7) is 0.458. The van der Waals surface area contributed by atoms with E-state index in [1.54, 1.807) is 0 Å². The molecule has 0 aromatic heterocycles. The van der Waals surface area contributed by atoms with Gasteiger partial charge in [-0.3, -0.25) is 9.59 Å². The molecule has 0 bridgehead atoms. The number of hydrogen-bond donors (Lipinski definition) is 3. The topological polar surface area (TPSA) is 87.7 Å². The van der Waals surface area contributed by atoms with Crippen molar-refractivity contribution in [3.8, 4) is 0 Å². The van der Waals surface area contributed by atoms with Crippen LogP contribution < -0.4 is 10.6 Å². The van der Waals surface area contributed by atoms with Crippen molar-refractivity contribution in [1.82, 2.24) is 10.6 Å². The van der Waals surface area contributed by atoms with E-state index in [-0.39, 0.29) is 12.5 Å². The zero-order valence-electron chi connectivity index (χ0n) is 8.21. The molecule has 0 radical (unpaired) electrons. The predicted molar refractivity (Wildman–Crippen MR) is 49.6 cm³/mol. The Kier molecular flexibility index (Phi) is 7.77. The van der Waals surface area contributed by atoms with Gasteiger partial charge in [0.15, 0.2) is 0 Å². The van der Waals surface area contributed by atoms with Crippen LogP contribution in [-0.2, 0) is 14.3 Å². The first-order valence-electron chi connectivity index (χ1n) is 4.34. The monoisotopic (exact) mass is 204 g/mol. The lowest BCUT2D eigenvalue weighted by Crippen LogP contribution is -2.32. The molecule has 0 aromatic carbocycles. The van der Waals surface area contributed by atoms with Gasteiger partial charge in [0.1, 0.15) is 13.2 Å². The average Bonchev–Trinajstić information content (AvgIpc) is 2.17. The van der Waals surface area contributed by atoms with E-state index >= 15 is 0 Å². The minimum absolute atomic E-state index is 0.0446. The summed E-state index contributed by atoms with van der Waals surface area (Å²) in [5, 5.41) is 13.4. The number of carbonyl (C=O) groups is 2. The molecule has 0 aliphatic carbocycles. The van der Waals surface area contributed by atoms with Gasteiger partial charge in [-0.2, -0.15) is 0 Å². The molecule has 0 spiro atoms. The van der Waals surface area contributed by atoms with Crippen LogP contribution in [0, 0.1) is 0 Å². The number of carbonyl (C=O) groups excluding carboxylic acids is 2. The van der Waals surface area contributed by atoms with Crippen molar-refractivity contribution in [1.29, 1.82) is 0 Å². The average molecular weight is 204 g/mol. The van der Waals surface area contributed by atoms with Crippen LogP contribution in [0.15, 0.2) is 0 Å². The Morgan fingerprint density at radius 1 is 1.21 bits per heavy atom. The fourth-order valence-corrected chi connectivity index (χ4v) is 0.782. The zero-order chi connectivity index (χ0) is 10.8. The largest absolute Gasteiger partial charge is 0.387 e. The lowest BCUT2D eigenvalue weighted by atomic mass is 10.4. The van der Waals surface area contributed by atoms with Crippen molar-refractivity contribution in [2.75, 3.05) is 33.4 Å². The van der Waals surface area contributed by atoms with E-state index in [1.165, 1.54) is 7.11 Å². The lowest BCUT2D eigenvalue weighted by Gasteiger charge is -2.04. The van der Waals surface area contributed by atoms with E-state index in [1.807, 2.05) is 0 Å². The van der Waals surface area contributed by atoms with Crippen molar-refractivity contribution < 1.29 is 19.4 Å². The van der Waals surface area contributed by atoms with Crippen molar-refractivity contribution in [2.24, 2.45) is 0 Å². The molecule has 6 heteroatoms. The quantitative estimate of drug-likeness (QED) is 0.429. The number of rotatable bonds is 7. The van der Waals surface area contributed by atoms with E-state index in [0.717, 1.165) is 0 Å². The van der Waals surface area contributed by atoms with Crippen molar-refractivity contribution in [3.05, 3.63) is 0 Å². The predicted octanol–water partition coefficient (Wildman–Crippen LogP) is -1.75. The first-order valence-corrected chi connectivity index (χ1v) is 4.34. The van der Waals surface area contributed by atoms with E-state index in [4.69, 9.17) is 5.11 Å². The summed E-state index contributed by atoms with van der Waals surface area (Å²) >= 11 is 0. The number of ether oxygens (including phenoxy) is 1. The third-order valence-electron chi connectivity index (χ3n) is 1.42. The summed E-state index contributed by atoms with van der Waals surface area (Å²) in [7, 11) is 1.45. The summed E-state index contributed by atoms with van der Waals surface area (Å²) in [6, 6.07) is 0. The van der Waals surface area contributed by atoms with Gasteiger partial charge in [0, 0.05) is 20.2 Å². The van der Waals surface area contributed by atoms with Crippen LogP contribution in [0.25, 0.3) is 0 Å². The van der Waals surface area contributed by atoms with Crippen molar-refractivity contribution in [2.45, 2.75) is 6.42 Å². The second kappa shape index (κ2) is 8.46. The molecular weight excluding hydrogens is 188 g/mol. The molecule has 0 aliphatic heterocycles. The maximum absolute atomic E-state index is 10.8. The fourth-order valence-electron chi connectivity index (χ4n) is 0.782. The highest BCUT2D eigenvalue weighted by Gasteiger charge is 1.99. The number of nitrogens with one attached hydrogen (secondary N) is 2. The second-order valence-electron chi connectivity index (χ2n) is 2.64. The Morgan fingerprint density at radius 3 is 2.29 bits per heavy atom. The van der Waals surface area contributed by atoms with Crippen LogP contribution in [0.2, 0.25) is 0 Å². The Labute approximate surface area is 82.6 Å². The third-order valence-corrected chi connectivity index (χ3v) is 1.42. The van der Waals surface area contributed by atoms with Gasteiger partial charge in [0.2, 0.25) is 11.8 Å². The number of methoxy groups -OCH3 is 1. The van der Waals surface area contributed by atoms with Crippen LogP contribution in [0.5, 0.6) is 0 Å². The van der Waals surface area contributed by atoms with E-state index < -0.39 is 12.5 Å². The van der Waals surface area contributed by atoms with Crippen LogP contribution in [0.4, 0.5) is 0 Å². The minimum Gasteiger partial charge on any atom is -0.387 e. The molecule has 0 unspecified atom stereocenters. The normalized spacial score (nSPS) is 9.57. The Bertz CT molecular complexity index is 184. The number of aliphatic hydroxyl groups is 1. The van der Waals surface area contributed by atoms with Crippen molar-refractivity contribution >= 4 is 11.8 Å². The van der Waals surface area contributed by atoms with E-state index in [2.05, 4.69) is 15.4 Å². The van der Waals surface area contributed by atoms with Gasteiger partial charge in [0.25, 0.3) is 0 Å². The molecule has 0 heterocycles. The fraction of sp³-hybridized carbons (Fsp3) is 0.750. The van der Waals surface area contributed by atoms with Gasteiger partial charge in [-0.1, -0.05) is 0 Å². The highest BCUT2D eigenvalue weighted by molar-refractivity contribution is 5.77. The van der Waals surface area contributed by atoms with Gasteiger partial charge < -0.3 is 20.5 Å². The van der Waals surface area contributed by atoms with Crippen LogP contribution >= 0.6 is 0 Å². The standard InChI is InChI=1S/C8H16N2O4/c1-14-6-8(13)10-4-2-3-9-7(12)5-11/h11H,2-6H2,1H3,(H,9,12)(H,10,13). The molecule has 0 atom stereocenters. The highest BCUT2D eigenvalue weighted by Crippen LogP contribution is 1.75. The smallest absolute Gasteiger partial charge is 0.245 e. The molecule has 0 fully saturated rings.